The van der Waals surface area contributed by atoms with Gasteiger partial charge in [-0.1, -0.05) is 31.5 Å². The third-order valence-electron chi connectivity index (χ3n) is 2.97. The highest BCUT2D eigenvalue weighted by molar-refractivity contribution is 6.32. The second-order valence-electron chi connectivity index (χ2n) is 4.85. The third-order valence-corrected chi connectivity index (χ3v) is 3.26. The smallest absolute Gasteiger partial charge is 0.181 e. The first-order valence-electron chi connectivity index (χ1n) is 6.19. The van der Waals surface area contributed by atoms with Gasteiger partial charge >= 0.3 is 0 Å². The summed E-state index contributed by atoms with van der Waals surface area (Å²) >= 11 is 5.83. The fraction of sp³-hybridized carbons (Fsp3) is 0.357. The molecule has 2 rings (SSSR count). The molecule has 2 N–H and O–H groups in total. The number of benzene rings is 1. The van der Waals surface area contributed by atoms with Crippen molar-refractivity contribution < 1.29 is 4.74 Å². The van der Waals surface area contributed by atoms with Gasteiger partial charge in [0.15, 0.2) is 12.5 Å². The Balaban J connectivity index is 2.06. The lowest BCUT2D eigenvalue weighted by molar-refractivity contribution is 0.221. The summed E-state index contributed by atoms with van der Waals surface area (Å²) in [6.45, 7) is 6.73. The van der Waals surface area contributed by atoms with E-state index in [1.165, 1.54) is 11.1 Å². The molecule has 0 bridgehead atoms. The van der Waals surface area contributed by atoms with Gasteiger partial charge in [-0.25, -0.2) is 4.68 Å². The molecule has 0 saturated carbocycles. The maximum absolute atomic E-state index is 5.83. The number of aryl methyl sites for hydroxylation is 1. The van der Waals surface area contributed by atoms with Crippen molar-refractivity contribution in [1.29, 1.82) is 0 Å². The second kappa shape index (κ2) is 5.53. The highest BCUT2D eigenvalue weighted by Crippen LogP contribution is 2.24. The molecule has 0 atom stereocenters. The summed E-state index contributed by atoms with van der Waals surface area (Å²) in [7, 11) is 0. The largest absolute Gasteiger partial charge is 0.471 e. The van der Waals surface area contributed by atoms with E-state index in [0.717, 1.165) is 5.75 Å². The molecule has 102 valence electrons. The van der Waals surface area contributed by atoms with E-state index >= 15 is 0 Å². The molecule has 0 amide bonds. The predicted octanol–water partition coefficient (Wildman–Crippen LogP) is 3.59. The number of hydrogen-bond acceptors (Lipinski definition) is 3. The molecule has 0 saturated heterocycles. The van der Waals surface area contributed by atoms with Gasteiger partial charge in [0.25, 0.3) is 0 Å². The van der Waals surface area contributed by atoms with Gasteiger partial charge in [0.2, 0.25) is 0 Å². The van der Waals surface area contributed by atoms with Gasteiger partial charge in [0.1, 0.15) is 10.8 Å². The predicted molar refractivity (Wildman–Crippen MR) is 77.5 cm³/mol. The van der Waals surface area contributed by atoms with Crippen molar-refractivity contribution in [1.82, 2.24) is 9.78 Å². The summed E-state index contributed by atoms with van der Waals surface area (Å²) in [5, 5.41) is 4.47. The molecule has 1 aromatic heterocycles. The average Bonchev–Trinajstić information content (AvgIpc) is 2.66. The molecule has 4 nitrogen and oxygen atoms in total. The van der Waals surface area contributed by atoms with Gasteiger partial charge in [0, 0.05) is 6.20 Å². The summed E-state index contributed by atoms with van der Waals surface area (Å²) < 4.78 is 7.23. The molecule has 0 radical (unpaired) electrons. The van der Waals surface area contributed by atoms with E-state index in [4.69, 9.17) is 22.1 Å². The molecular formula is C14H18ClN3O. The molecule has 0 fully saturated rings. The minimum Gasteiger partial charge on any atom is -0.471 e. The summed E-state index contributed by atoms with van der Waals surface area (Å²) in [4.78, 5) is 0. The van der Waals surface area contributed by atoms with Crippen LogP contribution in [0.5, 0.6) is 5.75 Å². The lowest BCUT2D eigenvalue weighted by atomic mass is 9.98. The van der Waals surface area contributed by atoms with E-state index in [2.05, 4.69) is 31.9 Å². The third kappa shape index (κ3) is 3.20. The van der Waals surface area contributed by atoms with E-state index in [0.29, 0.717) is 16.8 Å². The van der Waals surface area contributed by atoms with Crippen molar-refractivity contribution in [2.75, 3.05) is 5.73 Å². The molecule has 1 aromatic carbocycles. The first-order valence-corrected chi connectivity index (χ1v) is 6.57. The van der Waals surface area contributed by atoms with Crippen LogP contribution in [-0.4, -0.2) is 9.78 Å². The lowest BCUT2D eigenvalue weighted by Gasteiger charge is -2.12. The van der Waals surface area contributed by atoms with Crippen LogP contribution < -0.4 is 10.5 Å². The van der Waals surface area contributed by atoms with Gasteiger partial charge in [0.05, 0.1) is 0 Å². The Morgan fingerprint density at radius 2 is 2.16 bits per heavy atom. The zero-order valence-corrected chi connectivity index (χ0v) is 12.1. The van der Waals surface area contributed by atoms with Gasteiger partial charge in [-0.2, -0.15) is 5.10 Å². The van der Waals surface area contributed by atoms with E-state index in [9.17, 15) is 0 Å². The molecule has 0 aliphatic heterocycles. The summed E-state index contributed by atoms with van der Waals surface area (Å²) in [6.07, 6.45) is 1.65. The van der Waals surface area contributed by atoms with Crippen LogP contribution in [-0.2, 0) is 6.73 Å². The average molecular weight is 280 g/mol. The van der Waals surface area contributed by atoms with Crippen LogP contribution in [0.2, 0.25) is 5.02 Å². The van der Waals surface area contributed by atoms with Crippen LogP contribution >= 0.6 is 11.6 Å². The van der Waals surface area contributed by atoms with Crippen LogP contribution in [0.4, 0.5) is 5.82 Å². The van der Waals surface area contributed by atoms with Gasteiger partial charge < -0.3 is 10.5 Å². The second-order valence-corrected chi connectivity index (χ2v) is 5.26. The Hall–Kier alpha value is -1.68. The summed E-state index contributed by atoms with van der Waals surface area (Å²) in [5.41, 5.74) is 8.13. The van der Waals surface area contributed by atoms with E-state index in [1.807, 2.05) is 12.1 Å². The van der Waals surface area contributed by atoms with Crippen molar-refractivity contribution in [3.63, 3.8) is 0 Å². The van der Waals surface area contributed by atoms with Gasteiger partial charge in [-0.05, 0) is 36.1 Å². The number of ether oxygens (including phenoxy) is 1. The van der Waals surface area contributed by atoms with Crippen molar-refractivity contribution in [3.8, 4) is 5.75 Å². The Labute approximate surface area is 118 Å². The number of halogens is 1. The van der Waals surface area contributed by atoms with Crippen LogP contribution in [0.3, 0.4) is 0 Å². The molecule has 2 aromatic rings. The molecule has 1 heterocycles. The Morgan fingerprint density at radius 3 is 2.68 bits per heavy atom. The monoisotopic (exact) mass is 279 g/mol. The Morgan fingerprint density at radius 1 is 1.42 bits per heavy atom. The Bertz CT molecular complexity index is 559. The minimum atomic E-state index is 0.289. The topological polar surface area (TPSA) is 53.1 Å². The minimum absolute atomic E-state index is 0.289. The first-order chi connectivity index (χ1) is 8.97. The van der Waals surface area contributed by atoms with E-state index < -0.39 is 0 Å². The van der Waals surface area contributed by atoms with Crippen LogP contribution in [0.1, 0.15) is 30.9 Å². The number of rotatable bonds is 4. The summed E-state index contributed by atoms with van der Waals surface area (Å²) in [6, 6.07) is 6.10. The fourth-order valence-electron chi connectivity index (χ4n) is 2.00. The van der Waals surface area contributed by atoms with Crippen LogP contribution in [0.15, 0.2) is 24.4 Å². The molecule has 0 aliphatic carbocycles. The number of anilines is 1. The number of nitrogens with two attached hydrogens (primary N) is 1. The van der Waals surface area contributed by atoms with Crippen molar-refractivity contribution in [2.45, 2.75) is 33.4 Å². The maximum atomic E-state index is 5.83. The normalized spacial score (nSPS) is 11.0. The zero-order chi connectivity index (χ0) is 14.0. The maximum Gasteiger partial charge on any atom is 0.181 e. The number of nitrogens with zero attached hydrogens (tertiary/aromatic N) is 2. The highest BCUT2D eigenvalue weighted by Gasteiger charge is 2.06. The quantitative estimate of drug-likeness (QED) is 0.930. The molecular weight excluding hydrogens is 262 g/mol. The zero-order valence-electron chi connectivity index (χ0n) is 11.4. The molecule has 0 aliphatic rings. The highest BCUT2D eigenvalue weighted by atomic mass is 35.5. The van der Waals surface area contributed by atoms with Crippen LogP contribution in [0, 0.1) is 6.92 Å². The molecule has 0 spiro atoms. The number of nitrogen functional groups attached to an aromatic ring is 1. The fourth-order valence-corrected chi connectivity index (χ4v) is 2.16. The van der Waals surface area contributed by atoms with E-state index in [1.54, 1.807) is 10.9 Å². The Kier molecular flexibility index (Phi) is 4.00. The first kappa shape index (κ1) is 13.7. The molecule has 19 heavy (non-hydrogen) atoms. The van der Waals surface area contributed by atoms with E-state index in [-0.39, 0.29) is 6.73 Å². The van der Waals surface area contributed by atoms with Crippen molar-refractivity contribution >= 4 is 17.4 Å². The SMILES string of the molecule is Cc1cc(OCn2cc(Cl)c(N)n2)ccc1C(C)C. The molecule has 5 heteroatoms. The van der Waals surface area contributed by atoms with Crippen molar-refractivity contribution in [2.24, 2.45) is 0 Å². The van der Waals surface area contributed by atoms with Gasteiger partial charge in [-0.3, -0.25) is 0 Å². The standard InChI is InChI=1S/C14H18ClN3O/c1-9(2)12-5-4-11(6-10(12)3)19-8-18-7-13(15)14(16)17-18/h4-7,9H,8H2,1-3H3,(H2,16,17). The van der Waals surface area contributed by atoms with Crippen molar-refractivity contribution in [3.05, 3.63) is 40.5 Å². The summed E-state index contributed by atoms with van der Waals surface area (Å²) in [5.74, 6) is 1.64. The van der Waals surface area contributed by atoms with Crippen LogP contribution in [0.25, 0.3) is 0 Å². The van der Waals surface area contributed by atoms with Gasteiger partial charge in [-0.15, -0.1) is 0 Å². The lowest BCUT2D eigenvalue weighted by Crippen LogP contribution is -2.06. The number of hydrogen-bond donors (Lipinski definition) is 1. The number of aromatic nitrogens is 2. The molecule has 0 unspecified atom stereocenters.